The summed E-state index contributed by atoms with van der Waals surface area (Å²) in [6.07, 6.45) is 5.01. The van der Waals surface area contributed by atoms with Crippen LogP contribution < -0.4 is 0 Å². The van der Waals surface area contributed by atoms with Crippen molar-refractivity contribution < 1.29 is 9.32 Å². The molecule has 4 heteroatoms. The first-order valence-corrected chi connectivity index (χ1v) is 10.6. The molecule has 2 fully saturated rings. The molecule has 0 radical (unpaired) electrons. The topological polar surface area (TPSA) is 61.1 Å². The Balaban J connectivity index is 1.53. The molecule has 4 rings (SSSR count). The molecule has 2 heterocycles. The predicted molar refractivity (Wildman–Crippen MR) is 104 cm³/mol. The Bertz CT molecular complexity index is 852. The molecular weight excluding hydrogens is 342 g/mol. The highest BCUT2D eigenvalue weighted by Crippen LogP contribution is 2.40. The van der Waals surface area contributed by atoms with Gasteiger partial charge in [-0.2, -0.15) is 5.26 Å². The van der Waals surface area contributed by atoms with Gasteiger partial charge in [-0.05, 0) is 48.4 Å². The predicted octanol–water partition coefficient (Wildman–Crippen LogP) is 3.96. The highest BCUT2D eigenvalue weighted by atomic mass is 32.2. The van der Waals surface area contributed by atoms with Gasteiger partial charge in [-0.15, -0.1) is 0 Å². The zero-order valence-electron chi connectivity index (χ0n) is 14.7. The monoisotopic (exact) mass is 365 g/mol. The van der Waals surface area contributed by atoms with E-state index in [1.807, 2.05) is 48.5 Å². The molecule has 2 atom stereocenters. The van der Waals surface area contributed by atoms with Gasteiger partial charge in [0.15, 0.2) is 0 Å². The van der Waals surface area contributed by atoms with Crippen molar-refractivity contribution in [3.8, 4) is 17.2 Å². The zero-order valence-corrected chi connectivity index (χ0v) is 15.5. The van der Waals surface area contributed by atoms with Crippen molar-refractivity contribution in [2.24, 2.45) is 0 Å². The minimum Gasteiger partial charge on any atom is -0.389 e. The third-order valence-corrected chi connectivity index (χ3v) is 7.89. The van der Waals surface area contributed by atoms with Gasteiger partial charge in [-0.1, -0.05) is 48.9 Å². The molecule has 0 spiro atoms. The Kier molecular flexibility index (Phi) is 4.69. The van der Waals surface area contributed by atoms with Crippen molar-refractivity contribution in [2.45, 2.75) is 54.6 Å². The highest BCUT2D eigenvalue weighted by Gasteiger charge is 2.45. The van der Waals surface area contributed by atoms with Crippen molar-refractivity contribution >= 4 is 10.8 Å². The van der Waals surface area contributed by atoms with Crippen LogP contribution in [0.3, 0.4) is 0 Å². The lowest BCUT2D eigenvalue weighted by Gasteiger charge is -2.43. The first-order valence-electron chi connectivity index (χ1n) is 9.28. The van der Waals surface area contributed by atoms with Gasteiger partial charge < -0.3 is 5.11 Å². The average Bonchev–Trinajstić information content (AvgIpc) is 2.64. The van der Waals surface area contributed by atoms with Crippen molar-refractivity contribution in [1.29, 1.82) is 5.26 Å². The molecule has 2 aliphatic rings. The first kappa shape index (κ1) is 17.5. The van der Waals surface area contributed by atoms with Crippen molar-refractivity contribution in [2.75, 3.05) is 0 Å². The number of aliphatic hydroxyl groups is 1. The lowest BCUT2D eigenvalue weighted by Crippen LogP contribution is -2.50. The molecule has 1 N–H and O–H groups in total. The number of hydrogen-bond acceptors (Lipinski definition) is 3. The minimum atomic E-state index is -0.764. The largest absolute Gasteiger partial charge is 0.389 e. The normalized spacial score (nSPS) is 30.5. The first-order chi connectivity index (χ1) is 12.6. The lowest BCUT2D eigenvalue weighted by molar-refractivity contribution is 0.0114. The fourth-order valence-electron chi connectivity index (χ4n) is 4.54. The Morgan fingerprint density at radius 2 is 1.73 bits per heavy atom. The van der Waals surface area contributed by atoms with Crippen LogP contribution in [0.25, 0.3) is 11.1 Å². The van der Waals surface area contributed by atoms with E-state index >= 15 is 0 Å². The maximum atomic E-state index is 12.4. The smallest absolute Gasteiger partial charge is 0.0998 e. The SMILES string of the molecule is N#Cc1ccccc1-c1ccc(CC2(O)CC3CCCC(C2)S3=O)cc1. The van der Waals surface area contributed by atoms with E-state index in [-0.39, 0.29) is 10.5 Å². The Morgan fingerprint density at radius 3 is 2.38 bits per heavy atom. The molecule has 2 saturated heterocycles. The van der Waals surface area contributed by atoms with Crippen LogP contribution in [0, 0.1) is 11.3 Å². The average molecular weight is 365 g/mol. The molecule has 0 amide bonds. The fourth-order valence-corrected chi connectivity index (χ4v) is 6.83. The number of benzene rings is 2. The molecule has 0 aliphatic carbocycles. The molecule has 134 valence electrons. The van der Waals surface area contributed by atoms with E-state index in [0.717, 1.165) is 36.0 Å². The standard InChI is InChI=1S/C22H23NO2S/c23-15-18-4-1-2-7-21(18)17-10-8-16(9-11-17)12-22(24)13-19-5-3-6-20(14-22)26(19)25/h1-2,4,7-11,19-20,24H,3,5-6,12-14H2. The fraction of sp³-hybridized carbons (Fsp3) is 0.409. The van der Waals surface area contributed by atoms with E-state index < -0.39 is 16.4 Å². The summed E-state index contributed by atoms with van der Waals surface area (Å²) in [6.45, 7) is 0. The Labute approximate surface area is 157 Å². The highest BCUT2D eigenvalue weighted by molar-refractivity contribution is 7.86. The molecule has 2 aromatic rings. The van der Waals surface area contributed by atoms with Crippen molar-refractivity contribution in [3.05, 3.63) is 59.7 Å². The molecule has 2 unspecified atom stereocenters. The second-order valence-corrected chi connectivity index (χ2v) is 9.66. The van der Waals surface area contributed by atoms with E-state index in [1.165, 1.54) is 0 Å². The van der Waals surface area contributed by atoms with E-state index in [4.69, 9.17) is 0 Å². The van der Waals surface area contributed by atoms with Gasteiger partial charge in [0.25, 0.3) is 0 Å². The van der Waals surface area contributed by atoms with Crippen LogP contribution >= 0.6 is 0 Å². The zero-order chi connectivity index (χ0) is 18.1. The van der Waals surface area contributed by atoms with E-state index in [0.29, 0.717) is 24.8 Å². The van der Waals surface area contributed by atoms with Crippen LogP contribution in [0.5, 0.6) is 0 Å². The lowest BCUT2D eigenvalue weighted by atomic mass is 9.81. The van der Waals surface area contributed by atoms with Crippen LogP contribution in [0.2, 0.25) is 0 Å². The molecule has 2 aliphatic heterocycles. The number of rotatable bonds is 3. The number of hydrogen-bond donors (Lipinski definition) is 1. The number of nitriles is 1. The van der Waals surface area contributed by atoms with Gasteiger partial charge in [0.2, 0.25) is 0 Å². The summed E-state index contributed by atoms with van der Waals surface area (Å²) in [4.78, 5) is 0. The van der Waals surface area contributed by atoms with Gasteiger partial charge >= 0.3 is 0 Å². The summed E-state index contributed by atoms with van der Waals surface area (Å²) in [7, 11) is -0.764. The molecule has 0 saturated carbocycles. The summed E-state index contributed by atoms with van der Waals surface area (Å²) >= 11 is 0. The van der Waals surface area contributed by atoms with Crippen LogP contribution in [-0.4, -0.2) is 25.4 Å². The summed E-state index contributed by atoms with van der Waals surface area (Å²) in [5, 5.41) is 20.7. The third kappa shape index (κ3) is 3.34. The van der Waals surface area contributed by atoms with Crippen LogP contribution in [0.4, 0.5) is 0 Å². The van der Waals surface area contributed by atoms with Crippen LogP contribution in [-0.2, 0) is 17.2 Å². The molecule has 3 nitrogen and oxygen atoms in total. The number of fused-ring (bicyclic) bond motifs is 2. The van der Waals surface area contributed by atoms with E-state index in [2.05, 4.69) is 6.07 Å². The maximum absolute atomic E-state index is 12.4. The quantitative estimate of drug-likeness (QED) is 0.895. The Hall–Kier alpha value is -1.96. The molecule has 2 aromatic carbocycles. The van der Waals surface area contributed by atoms with Crippen LogP contribution in [0.1, 0.15) is 43.2 Å². The molecule has 26 heavy (non-hydrogen) atoms. The summed E-state index contributed by atoms with van der Waals surface area (Å²) in [5.74, 6) is 0. The minimum absolute atomic E-state index is 0.161. The van der Waals surface area contributed by atoms with Gasteiger partial charge in [0.05, 0.1) is 17.2 Å². The summed E-state index contributed by atoms with van der Waals surface area (Å²) < 4.78 is 12.4. The van der Waals surface area contributed by atoms with Gasteiger partial charge in [0, 0.05) is 27.7 Å². The second-order valence-electron chi connectivity index (χ2n) is 7.67. The number of nitrogens with zero attached hydrogens (tertiary/aromatic N) is 1. The van der Waals surface area contributed by atoms with E-state index in [1.54, 1.807) is 0 Å². The van der Waals surface area contributed by atoms with Gasteiger partial charge in [-0.3, -0.25) is 4.21 Å². The molecule has 2 bridgehead atoms. The second kappa shape index (κ2) is 6.98. The van der Waals surface area contributed by atoms with Gasteiger partial charge in [-0.25, -0.2) is 0 Å². The third-order valence-electron chi connectivity index (χ3n) is 5.77. The maximum Gasteiger partial charge on any atom is 0.0998 e. The Morgan fingerprint density at radius 1 is 1.08 bits per heavy atom. The van der Waals surface area contributed by atoms with Crippen molar-refractivity contribution in [1.82, 2.24) is 0 Å². The summed E-state index contributed by atoms with van der Waals surface area (Å²) in [5.41, 5.74) is 2.97. The summed E-state index contributed by atoms with van der Waals surface area (Å²) in [6, 6.07) is 18.0. The molecular formula is C22H23NO2S. The van der Waals surface area contributed by atoms with Gasteiger partial charge in [0.1, 0.15) is 0 Å². The van der Waals surface area contributed by atoms with Crippen molar-refractivity contribution in [3.63, 3.8) is 0 Å². The van der Waals surface area contributed by atoms with Crippen LogP contribution in [0.15, 0.2) is 48.5 Å². The van der Waals surface area contributed by atoms with E-state index in [9.17, 15) is 14.6 Å². The molecule has 0 aromatic heterocycles.